The van der Waals surface area contributed by atoms with Gasteiger partial charge in [-0.2, -0.15) is 0 Å². The maximum absolute atomic E-state index is 11.6. The molecule has 0 aliphatic heterocycles. The fraction of sp³-hybridized carbons (Fsp3) is 0. The van der Waals surface area contributed by atoms with Crippen molar-refractivity contribution in [1.29, 1.82) is 0 Å². The van der Waals surface area contributed by atoms with Gasteiger partial charge in [0.05, 0.1) is 16.0 Å². The number of nitrogens with one attached hydrogen (secondary N) is 1. The Morgan fingerprint density at radius 3 is 2.05 bits per heavy atom. The largest absolute Gasteiger partial charge is 0.374 e. The quantitative estimate of drug-likeness (QED) is 0.145. The Kier molecular flexibility index (Phi) is 4.92. The number of H-pyrrole nitrogens is 1. The number of nitro benzene ring substituents is 1. The molecule has 0 aliphatic rings. The molecular formula is C29H18N6O2S. The summed E-state index contributed by atoms with van der Waals surface area (Å²) in [6.45, 7) is 0. The van der Waals surface area contributed by atoms with Crippen molar-refractivity contribution >= 4 is 54.7 Å². The highest BCUT2D eigenvalue weighted by molar-refractivity contribution is 7.18. The van der Waals surface area contributed by atoms with Crippen molar-refractivity contribution in [3.63, 3.8) is 0 Å². The molecule has 38 heavy (non-hydrogen) atoms. The number of aromatic nitrogens is 4. The maximum Gasteiger partial charge on any atom is 0.270 e. The first-order valence-corrected chi connectivity index (χ1v) is 12.7. The molecule has 7 rings (SSSR count). The van der Waals surface area contributed by atoms with E-state index in [1.807, 2.05) is 48.5 Å². The number of fused-ring (bicyclic) bond motifs is 6. The summed E-state index contributed by atoms with van der Waals surface area (Å²) in [5, 5.41) is 24.9. The summed E-state index contributed by atoms with van der Waals surface area (Å²) < 4.78 is 0. The van der Waals surface area contributed by atoms with Crippen molar-refractivity contribution in [2.75, 3.05) is 5.73 Å². The highest BCUT2D eigenvalue weighted by Crippen LogP contribution is 2.36. The highest BCUT2D eigenvalue weighted by Gasteiger charge is 2.16. The van der Waals surface area contributed by atoms with Crippen molar-refractivity contribution in [2.45, 2.75) is 0 Å². The molecule has 8 nitrogen and oxygen atoms in total. The molecule has 2 heterocycles. The molecule has 0 saturated heterocycles. The van der Waals surface area contributed by atoms with E-state index in [-0.39, 0.29) is 5.69 Å². The summed E-state index contributed by atoms with van der Waals surface area (Å²) >= 11 is 1.19. The number of aromatic amines is 1. The topological polar surface area (TPSA) is 124 Å². The average Bonchev–Trinajstić information content (AvgIpc) is 3.60. The van der Waals surface area contributed by atoms with E-state index < -0.39 is 4.92 Å². The lowest BCUT2D eigenvalue weighted by molar-refractivity contribution is -0.384. The standard InChI is InChI=1S/C29H18N6O2S/c30-29-34-33-28(38-29)19-13-18(14-20(15-19)35(36)37)16-9-11-17(12-10-16)27-31-25-23-7-3-1-5-21(23)22-6-2-4-8-24(22)26(25)32-27/h1-15H,(H2,30,34)(H,31,32). The monoisotopic (exact) mass is 514 g/mol. The molecule has 0 fully saturated rings. The molecule has 0 amide bonds. The normalized spacial score (nSPS) is 11.5. The number of nitrogen functional groups attached to an aromatic ring is 1. The molecule has 0 spiro atoms. The van der Waals surface area contributed by atoms with Gasteiger partial charge in [-0.25, -0.2) is 4.98 Å². The van der Waals surface area contributed by atoms with Gasteiger partial charge >= 0.3 is 0 Å². The maximum atomic E-state index is 11.6. The lowest BCUT2D eigenvalue weighted by atomic mass is 10.0. The SMILES string of the molecule is Nc1nnc(-c2cc(-c3ccc(-c4nc5c6ccccc6c6ccccc6c5[nH]4)cc3)cc([N+](=O)[O-])c2)s1. The molecule has 3 N–H and O–H groups in total. The smallest absolute Gasteiger partial charge is 0.270 e. The van der Waals surface area contributed by atoms with Gasteiger partial charge in [0.15, 0.2) is 0 Å². The first kappa shape index (κ1) is 22.1. The number of imidazole rings is 1. The van der Waals surface area contributed by atoms with E-state index in [1.165, 1.54) is 28.2 Å². The predicted octanol–water partition coefficient (Wildman–Crippen LogP) is 7.21. The van der Waals surface area contributed by atoms with E-state index in [9.17, 15) is 10.1 Å². The van der Waals surface area contributed by atoms with Crippen LogP contribution in [-0.4, -0.2) is 25.1 Å². The van der Waals surface area contributed by atoms with Gasteiger partial charge in [0.2, 0.25) is 5.13 Å². The third kappa shape index (κ3) is 3.56. The van der Waals surface area contributed by atoms with Crippen LogP contribution >= 0.6 is 11.3 Å². The number of hydrogen-bond donors (Lipinski definition) is 2. The van der Waals surface area contributed by atoms with Crippen molar-refractivity contribution < 1.29 is 4.92 Å². The van der Waals surface area contributed by atoms with E-state index in [0.717, 1.165) is 38.8 Å². The minimum Gasteiger partial charge on any atom is -0.374 e. The van der Waals surface area contributed by atoms with Gasteiger partial charge in [0, 0.05) is 34.0 Å². The van der Waals surface area contributed by atoms with Crippen molar-refractivity contribution in [1.82, 2.24) is 20.2 Å². The third-order valence-electron chi connectivity index (χ3n) is 6.68. The summed E-state index contributed by atoms with van der Waals surface area (Å²) in [6, 6.07) is 29.4. The summed E-state index contributed by atoms with van der Waals surface area (Å²) in [5.74, 6) is 0.761. The second-order valence-electron chi connectivity index (χ2n) is 8.95. The van der Waals surface area contributed by atoms with Crippen LogP contribution < -0.4 is 5.73 Å². The number of hydrogen-bond acceptors (Lipinski definition) is 7. The molecule has 0 unspecified atom stereocenters. The van der Waals surface area contributed by atoms with E-state index in [0.29, 0.717) is 21.3 Å². The Bertz CT molecular complexity index is 1950. The van der Waals surface area contributed by atoms with Crippen LogP contribution in [0.1, 0.15) is 0 Å². The molecule has 7 aromatic rings. The second kappa shape index (κ2) is 8.46. The zero-order valence-corrected chi connectivity index (χ0v) is 20.6. The number of nitrogens with zero attached hydrogens (tertiary/aromatic N) is 4. The van der Waals surface area contributed by atoms with E-state index in [4.69, 9.17) is 10.7 Å². The second-order valence-corrected chi connectivity index (χ2v) is 9.96. The molecule has 2 aromatic heterocycles. The first-order chi connectivity index (χ1) is 18.5. The number of benzene rings is 5. The van der Waals surface area contributed by atoms with Crippen LogP contribution in [0.4, 0.5) is 10.8 Å². The van der Waals surface area contributed by atoms with Crippen LogP contribution in [0.2, 0.25) is 0 Å². The Balaban J connectivity index is 1.33. The Hall–Kier alpha value is -5.15. The average molecular weight is 515 g/mol. The summed E-state index contributed by atoms with van der Waals surface area (Å²) in [5.41, 5.74) is 10.7. The van der Waals surface area contributed by atoms with Crippen molar-refractivity contribution in [3.05, 3.63) is 101 Å². The predicted molar refractivity (Wildman–Crippen MR) is 152 cm³/mol. The number of nitrogens with two attached hydrogens (primary N) is 1. The number of rotatable bonds is 4. The van der Waals surface area contributed by atoms with Gasteiger partial charge in [-0.1, -0.05) is 84.1 Å². The molecule has 0 aliphatic carbocycles. The van der Waals surface area contributed by atoms with Crippen molar-refractivity contribution in [2.24, 2.45) is 0 Å². The Morgan fingerprint density at radius 1 is 0.737 bits per heavy atom. The summed E-state index contributed by atoms with van der Waals surface area (Å²) in [6.07, 6.45) is 0. The van der Waals surface area contributed by atoms with Crippen LogP contribution in [0.25, 0.3) is 65.7 Å². The minimum atomic E-state index is -0.408. The number of nitro groups is 1. The van der Waals surface area contributed by atoms with Gasteiger partial charge in [0.25, 0.3) is 5.69 Å². The Labute approximate surface area is 219 Å². The molecule has 0 radical (unpaired) electrons. The lowest BCUT2D eigenvalue weighted by Crippen LogP contribution is -1.91. The molecule has 0 saturated carbocycles. The summed E-state index contributed by atoms with van der Waals surface area (Å²) in [7, 11) is 0. The van der Waals surface area contributed by atoms with Crippen LogP contribution in [0.5, 0.6) is 0 Å². The molecule has 182 valence electrons. The fourth-order valence-electron chi connectivity index (χ4n) is 4.94. The minimum absolute atomic E-state index is 0.0219. The van der Waals surface area contributed by atoms with Gasteiger partial charge in [-0.05, 0) is 28.0 Å². The molecule has 9 heteroatoms. The third-order valence-corrected chi connectivity index (χ3v) is 7.48. The molecule has 0 atom stereocenters. The van der Waals surface area contributed by atoms with Crippen molar-refractivity contribution in [3.8, 4) is 33.1 Å². The first-order valence-electron chi connectivity index (χ1n) is 11.8. The van der Waals surface area contributed by atoms with E-state index >= 15 is 0 Å². The van der Waals surface area contributed by atoms with Gasteiger partial charge in [-0.15, -0.1) is 10.2 Å². The number of anilines is 1. The van der Waals surface area contributed by atoms with Gasteiger partial charge < -0.3 is 10.7 Å². The Morgan fingerprint density at radius 2 is 1.37 bits per heavy atom. The number of non-ortho nitro benzene ring substituents is 1. The zero-order chi connectivity index (χ0) is 25.8. The fourth-order valence-corrected chi connectivity index (χ4v) is 5.54. The van der Waals surface area contributed by atoms with Crippen LogP contribution in [0.3, 0.4) is 0 Å². The molecule has 5 aromatic carbocycles. The van der Waals surface area contributed by atoms with Gasteiger partial charge in [-0.3, -0.25) is 10.1 Å². The molecular weight excluding hydrogens is 496 g/mol. The zero-order valence-electron chi connectivity index (χ0n) is 19.8. The lowest BCUT2D eigenvalue weighted by Gasteiger charge is -2.06. The van der Waals surface area contributed by atoms with Crippen LogP contribution in [0.15, 0.2) is 91.0 Å². The van der Waals surface area contributed by atoms with E-state index in [1.54, 1.807) is 6.07 Å². The van der Waals surface area contributed by atoms with E-state index in [2.05, 4.69) is 45.5 Å². The van der Waals surface area contributed by atoms with Crippen LogP contribution in [-0.2, 0) is 0 Å². The summed E-state index contributed by atoms with van der Waals surface area (Å²) in [4.78, 5) is 19.7. The molecule has 0 bridgehead atoms. The van der Waals surface area contributed by atoms with Crippen LogP contribution in [0, 0.1) is 10.1 Å². The highest BCUT2D eigenvalue weighted by atomic mass is 32.1. The van der Waals surface area contributed by atoms with Gasteiger partial charge in [0.1, 0.15) is 10.8 Å².